The van der Waals surface area contributed by atoms with E-state index >= 15 is 0 Å². The number of carbonyl (C=O) groups excluding carboxylic acids is 1. The molecule has 4 heterocycles. The molecule has 8 heteroatoms. The van der Waals surface area contributed by atoms with Crippen molar-refractivity contribution in [2.24, 2.45) is 0 Å². The lowest BCUT2D eigenvalue weighted by atomic mass is 10.1. The van der Waals surface area contributed by atoms with Crippen LogP contribution in [0.2, 0.25) is 0 Å². The van der Waals surface area contributed by atoms with Crippen molar-refractivity contribution in [1.29, 1.82) is 0 Å². The van der Waals surface area contributed by atoms with Gasteiger partial charge < -0.3 is 9.80 Å². The average molecular weight is 440 g/mol. The van der Waals surface area contributed by atoms with Gasteiger partial charge in [0.2, 0.25) is 5.95 Å². The van der Waals surface area contributed by atoms with Crippen molar-refractivity contribution in [3.05, 3.63) is 72.2 Å². The van der Waals surface area contributed by atoms with Gasteiger partial charge in [-0.3, -0.25) is 4.79 Å². The van der Waals surface area contributed by atoms with Crippen molar-refractivity contribution in [2.75, 3.05) is 18.0 Å². The molecular formula is C25H25N7O. The number of aryl methyl sites for hydroxylation is 1. The van der Waals surface area contributed by atoms with E-state index in [-0.39, 0.29) is 11.9 Å². The largest absolute Gasteiger partial charge is 0.336 e. The molecular weight excluding hydrogens is 414 g/mol. The lowest BCUT2D eigenvalue weighted by molar-refractivity contribution is 0.0748. The summed E-state index contributed by atoms with van der Waals surface area (Å²) >= 11 is 0. The average Bonchev–Trinajstić information content (AvgIpc) is 3.46. The number of aromatic nitrogens is 5. The Bertz CT molecular complexity index is 1320. The minimum absolute atomic E-state index is 0.0259. The Morgan fingerprint density at radius 3 is 2.70 bits per heavy atom. The number of hydrogen-bond acceptors (Lipinski definition) is 6. The third kappa shape index (κ3) is 3.51. The summed E-state index contributed by atoms with van der Waals surface area (Å²) in [5, 5.41) is 9.54. The molecule has 2 bridgehead atoms. The van der Waals surface area contributed by atoms with Gasteiger partial charge in [-0.1, -0.05) is 29.8 Å². The smallest absolute Gasteiger partial charge is 0.256 e. The fraction of sp³-hybridized carbons (Fsp3) is 0.320. The Labute approximate surface area is 191 Å². The number of fused-ring (bicyclic) bond motifs is 3. The van der Waals surface area contributed by atoms with Gasteiger partial charge in [-0.2, -0.15) is 15.0 Å². The van der Waals surface area contributed by atoms with Crippen LogP contribution in [0.15, 0.2) is 61.1 Å². The Morgan fingerprint density at radius 2 is 1.82 bits per heavy atom. The first kappa shape index (κ1) is 19.8. The highest BCUT2D eigenvalue weighted by Crippen LogP contribution is 2.34. The molecule has 0 spiro atoms. The molecule has 2 unspecified atom stereocenters. The van der Waals surface area contributed by atoms with E-state index in [1.807, 2.05) is 60.5 Å². The van der Waals surface area contributed by atoms with Gasteiger partial charge in [0, 0.05) is 36.8 Å². The standard InChI is InChI=1S/C25H25N7O/c1-17-6-9-23(32-27-11-12-28-32)21(14-17)24(33)30-13-10-19-7-8-20(16-30)31(19)25-26-15-18-4-2-3-5-22(18)29-25/h2-6,9,11-12,14-15,19-20H,7-8,10,13,16H2,1H3. The second-order valence-corrected chi connectivity index (χ2v) is 8.90. The van der Waals surface area contributed by atoms with E-state index < -0.39 is 0 Å². The van der Waals surface area contributed by atoms with Crippen LogP contribution in [-0.2, 0) is 0 Å². The number of amides is 1. The van der Waals surface area contributed by atoms with Gasteiger partial charge in [-0.15, -0.1) is 0 Å². The summed E-state index contributed by atoms with van der Waals surface area (Å²) in [6.45, 7) is 3.37. The van der Waals surface area contributed by atoms with E-state index in [1.54, 1.807) is 12.4 Å². The highest BCUT2D eigenvalue weighted by Gasteiger charge is 2.40. The zero-order valence-corrected chi connectivity index (χ0v) is 18.5. The first-order valence-electron chi connectivity index (χ1n) is 11.4. The van der Waals surface area contributed by atoms with Gasteiger partial charge in [-0.05, 0) is 44.4 Å². The maximum Gasteiger partial charge on any atom is 0.256 e. The molecule has 6 rings (SSSR count). The molecule has 1 amide bonds. The summed E-state index contributed by atoms with van der Waals surface area (Å²) in [6, 6.07) is 14.5. The fourth-order valence-corrected chi connectivity index (χ4v) is 5.18. The zero-order valence-electron chi connectivity index (χ0n) is 18.5. The molecule has 2 fully saturated rings. The maximum absolute atomic E-state index is 13.7. The van der Waals surface area contributed by atoms with Gasteiger partial charge in [-0.25, -0.2) is 9.97 Å². The number of anilines is 1. The van der Waals surface area contributed by atoms with E-state index in [4.69, 9.17) is 9.97 Å². The first-order valence-corrected chi connectivity index (χ1v) is 11.4. The topological polar surface area (TPSA) is 80.0 Å². The van der Waals surface area contributed by atoms with Crippen LogP contribution in [0.3, 0.4) is 0 Å². The fourth-order valence-electron chi connectivity index (χ4n) is 5.18. The molecule has 166 valence electrons. The molecule has 2 aliphatic rings. The van der Waals surface area contributed by atoms with Crippen LogP contribution in [0.1, 0.15) is 35.2 Å². The summed E-state index contributed by atoms with van der Waals surface area (Å²) in [4.78, 5) is 29.1. The van der Waals surface area contributed by atoms with E-state index in [0.717, 1.165) is 41.7 Å². The lowest BCUT2D eigenvalue weighted by Gasteiger charge is -2.29. The van der Waals surface area contributed by atoms with Crippen LogP contribution < -0.4 is 4.90 Å². The van der Waals surface area contributed by atoms with Gasteiger partial charge in [0.15, 0.2) is 0 Å². The van der Waals surface area contributed by atoms with Crippen molar-refractivity contribution in [2.45, 2.75) is 38.3 Å². The van der Waals surface area contributed by atoms with Crippen molar-refractivity contribution < 1.29 is 4.79 Å². The van der Waals surface area contributed by atoms with Crippen molar-refractivity contribution in [3.63, 3.8) is 0 Å². The van der Waals surface area contributed by atoms with Crippen molar-refractivity contribution in [1.82, 2.24) is 29.9 Å². The third-order valence-electron chi connectivity index (χ3n) is 6.79. The highest BCUT2D eigenvalue weighted by molar-refractivity contribution is 5.98. The van der Waals surface area contributed by atoms with Crippen LogP contribution in [0.5, 0.6) is 0 Å². The predicted octanol–water partition coefficient (Wildman–Crippen LogP) is 3.40. The summed E-state index contributed by atoms with van der Waals surface area (Å²) in [7, 11) is 0. The number of benzene rings is 2. The molecule has 4 aromatic rings. The van der Waals surface area contributed by atoms with Gasteiger partial charge in [0.05, 0.1) is 29.2 Å². The Kier molecular flexibility index (Phi) is 4.78. The highest BCUT2D eigenvalue weighted by atomic mass is 16.2. The molecule has 0 radical (unpaired) electrons. The van der Waals surface area contributed by atoms with Gasteiger partial charge in [0.25, 0.3) is 5.91 Å². The zero-order chi connectivity index (χ0) is 22.4. The van der Waals surface area contributed by atoms with E-state index in [2.05, 4.69) is 15.1 Å². The second-order valence-electron chi connectivity index (χ2n) is 8.90. The predicted molar refractivity (Wildman–Crippen MR) is 125 cm³/mol. The van der Waals surface area contributed by atoms with Crippen molar-refractivity contribution in [3.8, 4) is 5.69 Å². The molecule has 2 saturated heterocycles. The number of rotatable bonds is 3. The van der Waals surface area contributed by atoms with Crippen LogP contribution >= 0.6 is 0 Å². The summed E-state index contributed by atoms with van der Waals surface area (Å²) in [5.74, 6) is 0.797. The van der Waals surface area contributed by atoms with Crippen LogP contribution in [0, 0.1) is 6.92 Å². The van der Waals surface area contributed by atoms with Crippen LogP contribution in [0.25, 0.3) is 16.6 Å². The SMILES string of the molecule is Cc1ccc(-n2nccn2)c(C(=O)N2CCC3CCC(C2)N3c2ncc3ccccc3n2)c1. The molecule has 8 nitrogen and oxygen atoms in total. The maximum atomic E-state index is 13.7. The Morgan fingerprint density at radius 1 is 1.00 bits per heavy atom. The van der Waals surface area contributed by atoms with E-state index in [0.29, 0.717) is 30.4 Å². The molecule has 0 aliphatic carbocycles. The molecule has 2 aliphatic heterocycles. The third-order valence-corrected chi connectivity index (χ3v) is 6.79. The lowest BCUT2D eigenvalue weighted by Crippen LogP contribution is -2.42. The van der Waals surface area contributed by atoms with Crippen LogP contribution in [0.4, 0.5) is 5.95 Å². The number of hydrogen-bond donors (Lipinski definition) is 0. The van der Waals surface area contributed by atoms with Gasteiger partial charge in [0.1, 0.15) is 0 Å². The molecule has 33 heavy (non-hydrogen) atoms. The number of likely N-dealkylation sites (tertiary alicyclic amines) is 1. The molecule has 2 aromatic carbocycles. The normalized spacial score (nSPS) is 20.3. The number of carbonyl (C=O) groups is 1. The van der Waals surface area contributed by atoms with Crippen LogP contribution in [-0.4, -0.2) is 60.9 Å². The minimum atomic E-state index is 0.0259. The number of nitrogens with zero attached hydrogens (tertiary/aromatic N) is 7. The minimum Gasteiger partial charge on any atom is -0.336 e. The van der Waals surface area contributed by atoms with E-state index in [1.165, 1.54) is 4.80 Å². The Hall–Kier alpha value is -3.81. The van der Waals surface area contributed by atoms with Crippen molar-refractivity contribution >= 4 is 22.8 Å². The monoisotopic (exact) mass is 439 g/mol. The molecule has 0 saturated carbocycles. The molecule has 0 N–H and O–H groups in total. The summed E-state index contributed by atoms with van der Waals surface area (Å²) < 4.78 is 0. The summed E-state index contributed by atoms with van der Waals surface area (Å²) in [6.07, 6.45) is 8.20. The molecule has 2 aromatic heterocycles. The quantitative estimate of drug-likeness (QED) is 0.487. The second kappa shape index (κ2) is 7.95. The Balaban J connectivity index is 1.31. The van der Waals surface area contributed by atoms with E-state index in [9.17, 15) is 4.79 Å². The summed E-state index contributed by atoms with van der Waals surface area (Å²) in [5.41, 5.74) is 3.34. The first-order chi connectivity index (χ1) is 16.2. The number of para-hydroxylation sites is 1. The van der Waals surface area contributed by atoms with Gasteiger partial charge >= 0.3 is 0 Å². The molecule has 2 atom stereocenters.